The molecule has 2 heterocycles. The number of aryl methyl sites for hydroxylation is 1. The zero-order chi connectivity index (χ0) is 19.4. The number of amides is 1. The quantitative estimate of drug-likeness (QED) is 0.788. The van der Waals surface area contributed by atoms with Gasteiger partial charge in [0, 0.05) is 43.4 Å². The number of hydrogen-bond acceptors (Lipinski definition) is 5. The number of thioether (sulfide) groups is 1. The molecule has 1 aliphatic carbocycles. The summed E-state index contributed by atoms with van der Waals surface area (Å²) in [5.74, 6) is 1.68. The smallest absolute Gasteiger partial charge is 0.230 e. The second-order valence-electron chi connectivity index (χ2n) is 8.34. The van der Waals surface area contributed by atoms with Gasteiger partial charge >= 0.3 is 0 Å². The maximum Gasteiger partial charge on any atom is 0.230 e. The van der Waals surface area contributed by atoms with Crippen molar-refractivity contribution in [2.75, 3.05) is 45.1 Å². The Bertz CT molecular complexity index is 684. The Balaban J connectivity index is 1.31. The van der Waals surface area contributed by atoms with E-state index in [2.05, 4.69) is 35.3 Å². The topological polar surface area (TPSA) is 50.8 Å². The lowest BCUT2D eigenvalue weighted by atomic mass is 9.88. The van der Waals surface area contributed by atoms with Crippen molar-refractivity contribution in [3.63, 3.8) is 0 Å². The van der Waals surface area contributed by atoms with Crippen LogP contribution in [0.3, 0.4) is 0 Å². The lowest BCUT2D eigenvalue weighted by molar-refractivity contribution is -0.118. The number of carbonyl (C=O) groups is 1. The summed E-state index contributed by atoms with van der Waals surface area (Å²) in [6.07, 6.45) is 5.81. The maximum atomic E-state index is 12.4. The molecule has 2 aliphatic heterocycles. The number of hydrogen-bond donors (Lipinski definition) is 1. The van der Waals surface area contributed by atoms with Gasteiger partial charge in [-0.25, -0.2) is 0 Å². The average Bonchev–Trinajstić information content (AvgIpc) is 3.15. The van der Waals surface area contributed by atoms with Gasteiger partial charge in [-0.3, -0.25) is 9.69 Å². The highest BCUT2D eigenvalue weighted by molar-refractivity contribution is 8.00. The molecule has 1 N–H and O–H groups in total. The van der Waals surface area contributed by atoms with Crippen LogP contribution in [0.2, 0.25) is 0 Å². The van der Waals surface area contributed by atoms with Crippen LogP contribution in [-0.2, 0) is 9.53 Å². The Morgan fingerprint density at radius 2 is 2.07 bits per heavy atom. The predicted molar refractivity (Wildman–Crippen MR) is 113 cm³/mol. The van der Waals surface area contributed by atoms with Gasteiger partial charge in [0.25, 0.3) is 0 Å². The van der Waals surface area contributed by atoms with Gasteiger partial charge in [0.2, 0.25) is 5.91 Å². The van der Waals surface area contributed by atoms with Gasteiger partial charge in [-0.1, -0.05) is 17.7 Å². The third-order valence-electron chi connectivity index (χ3n) is 6.18. The molecule has 1 unspecified atom stereocenters. The molecule has 1 amide bonds. The molecule has 154 valence electrons. The van der Waals surface area contributed by atoms with E-state index in [9.17, 15) is 4.79 Å². The first-order valence-electron chi connectivity index (χ1n) is 10.6. The SMILES string of the molecule is Cc1ccc2c(c1)C(SCC(=O)NCCN1CCOCC1)CC1(CCCC1)O2. The van der Waals surface area contributed by atoms with Gasteiger partial charge in [-0.05, 0) is 38.7 Å². The normalized spacial score (nSPS) is 24.0. The van der Waals surface area contributed by atoms with Crippen LogP contribution in [0.1, 0.15) is 48.5 Å². The Morgan fingerprint density at radius 1 is 1.29 bits per heavy atom. The van der Waals surface area contributed by atoms with Crippen molar-refractivity contribution in [1.82, 2.24) is 10.2 Å². The number of fused-ring (bicyclic) bond motifs is 1. The summed E-state index contributed by atoms with van der Waals surface area (Å²) < 4.78 is 11.8. The Labute approximate surface area is 172 Å². The van der Waals surface area contributed by atoms with Crippen LogP contribution in [-0.4, -0.2) is 61.6 Å². The molecule has 0 aromatic heterocycles. The minimum atomic E-state index is -0.00721. The monoisotopic (exact) mass is 404 g/mol. The molecule has 28 heavy (non-hydrogen) atoms. The van der Waals surface area contributed by atoms with Gasteiger partial charge < -0.3 is 14.8 Å². The van der Waals surface area contributed by atoms with E-state index < -0.39 is 0 Å². The molecular weight excluding hydrogens is 372 g/mol. The highest BCUT2D eigenvalue weighted by Crippen LogP contribution is 2.51. The van der Waals surface area contributed by atoms with Gasteiger partial charge in [-0.2, -0.15) is 0 Å². The standard InChI is InChI=1S/C22H32N2O3S/c1-17-4-5-19-18(14-17)20(15-22(27-19)6-2-3-7-22)28-16-21(25)23-8-9-24-10-12-26-13-11-24/h4-5,14,20H,2-3,6-13,15-16H2,1H3,(H,23,25). The van der Waals surface area contributed by atoms with E-state index >= 15 is 0 Å². The van der Waals surface area contributed by atoms with E-state index in [1.54, 1.807) is 11.8 Å². The van der Waals surface area contributed by atoms with Crippen LogP contribution in [0, 0.1) is 6.92 Å². The number of morpholine rings is 1. The minimum Gasteiger partial charge on any atom is -0.487 e. The first-order valence-corrected chi connectivity index (χ1v) is 11.7. The van der Waals surface area contributed by atoms with Gasteiger partial charge in [0.05, 0.1) is 19.0 Å². The Kier molecular flexibility index (Phi) is 6.48. The number of carbonyl (C=O) groups excluding carboxylic acids is 1. The number of nitrogens with one attached hydrogen (secondary N) is 1. The van der Waals surface area contributed by atoms with Crippen LogP contribution < -0.4 is 10.1 Å². The Morgan fingerprint density at radius 3 is 2.86 bits per heavy atom. The predicted octanol–water partition coefficient (Wildman–Crippen LogP) is 3.31. The van der Waals surface area contributed by atoms with Crippen molar-refractivity contribution >= 4 is 17.7 Å². The Hall–Kier alpha value is -1.24. The van der Waals surface area contributed by atoms with E-state index in [4.69, 9.17) is 9.47 Å². The first-order chi connectivity index (χ1) is 13.6. The summed E-state index contributed by atoms with van der Waals surface area (Å²) in [5.41, 5.74) is 2.51. The van der Waals surface area contributed by atoms with Crippen molar-refractivity contribution in [2.24, 2.45) is 0 Å². The second kappa shape index (κ2) is 9.06. The summed E-state index contributed by atoms with van der Waals surface area (Å²) in [6, 6.07) is 6.50. The summed E-state index contributed by atoms with van der Waals surface area (Å²) >= 11 is 1.78. The first kappa shape index (κ1) is 20.0. The molecule has 5 nitrogen and oxygen atoms in total. The third kappa shape index (κ3) is 4.84. The molecule has 1 saturated carbocycles. The van der Waals surface area contributed by atoms with Crippen molar-refractivity contribution < 1.29 is 14.3 Å². The number of ether oxygens (including phenoxy) is 2. The molecule has 3 aliphatic rings. The second-order valence-corrected chi connectivity index (χ2v) is 9.53. The molecule has 6 heteroatoms. The molecule has 0 bridgehead atoms. The lowest BCUT2D eigenvalue weighted by Gasteiger charge is -2.40. The lowest BCUT2D eigenvalue weighted by Crippen LogP contribution is -2.41. The number of benzene rings is 1. The molecule has 2 fully saturated rings. The summed E-state index contributed by atoms with van der Waals surface area (Å²) in [4.78, 5) is 14.8. The number of rotatable bonds is 6. The third-order valence-corrected chi connectivity index (χ3v) is 7.43. The minimum absolute atomic E-state index is 0.00721. The van der Waals surface area contributed by atoms with Crippen molar-refractivity contribution in [1.29, 1.82) is 0 Å². The average molecular weight is 405 g/mol. The van der Waals surface area contributed by atoms with Crippen LogP contribution in [0.25, 0.3) is 0 Å². The zero-order valence-electron chi connectivity index (χ0n) is 16.9. The molecule has 0 radical (unpaired) electrons. The highest BCUT2D eigenvalue weighted by atomic mass is 32.2. The largest absolute Gasteiger partial charge is 0.487 e. The van der Waals surface area contributed by atoms with E-state index in [0.717, 1.165) is 57.9 Å². The van der Waals surface area contributed by atoms with Gasteiger partial charge in [0.1, 0.15) is 11.4 Å². The van der Waals surface area contributed by atoms with Gasteiger partial charge in [-0.15, -0.1) is 11.8 Å². The maximum absolute atomic E-state index is 12.4. The molecule has 1 spiro atoms. The van der Waals surface area contributed by atoms with Crippen molar-refractivity contribution in [3.8, 4) is 5.75 Å². The van der Waals surface area contributed by atoms with E-state index in [-0.39, 0.29) is 11.5 Å². The van der Waals surface area contributed by atoms with E-state index in [0.29, 0.717) is 17.5 Å². The summed E-state index contributed by atoms with van der Waals surface area (Å²) in [6.45, 7) is 7.27. The van der Waals surface area contributed by atoms with Crippen LogP contribution in [0.15, 0.2) is 18.2 Å². The van der Waals surface area contributed by atoms with Crippen molar-refractivity contribution in [3.05, 3.63) is 29.3 Å². The molecule has 1 atom stereocenters. The van der Waals surface area contributed by atoms with Crippen LogP contribution in [0.4, 0.5) is 0 Å². The fourth-order valence-corrected chi connectivity index (χ4v) is 5.85. The molecule has 1 aromatic carbocycles. The molecule has 4 rings (SSSR count). The fourth-order valence-electron chi connectivity index (χ4n) is 4.61. The van der Waals surface area contributed by atoms with E-state index in [1.165, 1.54) is 24.0 Å². The molecule has 1 saturated heterocycles. The summed E-state index contributed by atoms with van der Waals surface area (Å²) in [7, 11) is 0. The summed E-state index contributed by atoms with van der Waals surface area (Å²) in [5, 5.41) is 3.43. The highest BCUT2D eigenvalue weighted by Gasteiger charge is 2.43. The molecular formula is C22H32N2O3S. The molecule has 1 aromatic rings. The van der Waals surface area contributed by atoms with Crippen LogP contribution >= 0.6 is 11.8 Å². The van der Waals surface area contributed by atoms with Crippen molar-refractivity contribution in [2.45, 2.75) is 49.9 Å². The van der Waals surface area contributed by atoms with E-state index in [1.807, 2.05) is 0 Å². The number of nitrogens with zero attached hydrogens (tertiary/aromatic N) is 1. The fraction of sp³-hybridized carbons (Fsp3) is 0.682. The van der Waals surface area contributed by atoms with Crippen LogP contribution in [0.5, 0.6) is 5.75 Å². The van der Waals surface area contributed by atoms with Gasteiger partial charge in [0.15, 0.2) is 0 Å². The zero-order valence-corrected chi connectivity index (χ0v) is 17.7.